The van der Waals surface area contributed by atoms with Crippen molar-refractivity contribution in [1.82, 2.24) is 5.32 Å². The zero-order chi connectivity index (χ0) is 12.9. The number of nitrogens with one attached hydrogen (secondary N) is 1. The second-order valence-corrected chi connectivity index (χ2v) is 6.38. The molecule has 0 aliphatic rings. The van der Waals surface area contributed by atoms with Crippen LogP contribution in [0.3, 0.4) is 0 Å². The minimum Gasteiger partial charge on any atom is -0.496 e. The van der Waals surface area contributed by atoms with Gasteiger partial charge in [-0.3, -0.25) is 0 Å². The predicted molar refractivity (Wildman–Crippen MR) is 69.1 cm³/mol. The Labute approximate surface area is 103 Å². The Morgan fingerprint density at radius 1 is 1.35 bits per heavy atom. The molecule has 1 aromatic rings. The van der Waals surface area contributed by atoms with Crippen LogP contribution in [0.1, 0.15) is 11.1 Å². The van der Waals surface area contributed by atoms with Crippen molar-refractivity contribution in [3.05, 3.63) is 29.3 Å². The summed E-state index contributed by atoms with van der Waals surface area (Å²) in [6.45, 7) is 3.08. The van der Waals surface area contributed by atoms with Gasteiger partial charge >= 0.3 is 0 Å². The number of aryl methyl sites for hydroxylation is 1. The first kappa shape index (κ1) is 14.0. The van der Waals surface area contributed by atoms with Gasteiger partial charge in [-0.25, -0.2) is 8.42 Å². The van der Waals surface area contributed by atoms with Crippen LogP contribution in [-0.2, 0) is 16.4 Å². The molecule has 0 saturated heterocycles. The highest BCUT2D eigenvalue weighted by Gasteiger charge is 2.04. The van der Waals surface area contributed by atoms with E-state index in [1.54, 1.807) is 7.11 Å². The van der Waals surface area contributed by atoms with Gasteiger partial charge in [-0.2, -0.15) is 0 Å². The number of hydrogen-bond acceptors (Lipinski definition) is 4. The van der Waals surface area contributed by atoms with Crippen LogP contribution < -0.4 is 10.1 Å². The zero-order valence-corrected chi connectivity index (χ0v) is 11.3. The Morgan fingerprint density at radius 2 is 2.06 bits per heavy atom. The molecule has 96 valence electrons. The first-order chi connectivity index (χ1) is 7.92. The predicted octanol–water partition coefficient (Wildman–Crippen LogP) is 1.14. The minimum absolute atomic E-state index is 0.154. The van der Waals surface area contributed by atoms with Gasteiger partial charge in [0.25, 0.3) is 0 Å². The lowest BCUT2D eigenvalue weighted by atomic mass is 10.1. The third kappa shape index (κ3) is 5.19. The zero-order valence-electron chi connectivity index (χ0n) is 10.5. The van der Waals surface area contributed by atoms with Crippen molar-refractivity contribution >= 4 is 9.84 Å². The van der Waals surface area contributed by atoms with Crippen molar-refractivity contribution in [2.24, 2.45) is 0 Å². The average Bonchev–Trinajstić information content (AvgIpc) is 2.23. The summed E-state index contributed by atoms with van der Waals surface area (Å²) < 4.78 is 27.2. The van der Waals surface area contributed by atoms with E-state index in [2.05, 4.69) is 5.32 Å². The summed E-state index contributed by atoms with van der Waals surface area (Å²) in [5, 5.41) is 3.10. The van der Waals surface area contributed by atoms with E-state index >= 15 is 0 Å². The SMILES string of the molecule is COc1ccc(C)cc1CNCCS(C)(=O)=O. The molecule has 0 aliphatic heterocycles. The molecular formula is C12H19NO3S. The lowest BCUT2D eigenvalue weighted by molar-refractivity contribution is 0.408. The van der Waals surface area contributed by atoms with Crippen LogP contribution in [-0.4, -0.2) is 34.1 Å². The number of methoxy groups -OCH3 is 1. The Bertz CT molecular complexity index is 469. The van der Waals surface area contributed by atoms with Crippen molar-refractivity contribution in [2.75, 3.05) is 25.7 Å². The molecule has 4 nitrogen and oxygen atoms in total. The van der Waals surface area contributed by atoms with Crippen LogP contribution in [0.25, 0.3) is 0 Å². The lowest BCUT2D eigenvalue weighted by Crippen LogP contribution is -2.22. The smallest absolute Gasteiger partial charge is 0.148 e. The maximum absolute atomic E-state index is 11.0. The molecule has 1 N–H and O–H groups in total. The number of ether oxygens (including phenoxy) is 1. The van der Waals surface area contributed by atoms with E-state index in [4.69, 9.17) is 4.74 Å². The van der Waals surface area contributed by atoms with E-state index < -0.39 is 9.84 Å². The molecule has 0 unspecified atom stereocenters. The molecule has 0 fully saturated rings. The summed E-state index contributed by atoms with van der Waals surface area (Å²) in [6, 6.07) is 5.94. The third-order valence-corrected chi connectivity index (χ3v) is 3.35. The number of hydrogen-bond donors (Lipinski definition) is 1. The maximum atomic E-state index is 11.0. The molecule has 0 amide bonds. The molecule has 0 aromatic heterocycles. The molecule has 0 heterocycles. The highest BCUT2D eigenvalue weighted by molar-refractivity contribution is 7.90. The fraction of sp³-hybridized carbons (Fsp3) is 0.500. The number of sulfone groups is 1. The largest absolute Gasteiger partial charge is 0.496 e. The van der Waals surface area contributed by atoms with Crippen molar-refractivity contribution < 1.29 is 13.2 Å². The second-order valence-electron chi connectivity index (χ2n) is 4.12. The van der Waals surface area contributed by atoms with Crippen molar-refractivity contribution in [3.8, 4) is 5.75 Å². The second kappa shape index (κ2) is 6.02. The summed E-state index contributed by atoms with van der Waals surface area (Å²) in [7, 11) is -1.27. The van der Waals surface area contributed by atoms with E-state index in [1.165, 1.54) is 6.26 Å². The first-order valence-corrected chi connectivity index (χ1v) is 7.50. The fourth-order valence-electron chi connectivity index (χ4n) is 1.53. The van der Waals surface area contributed by atoms with Crippen LogP contribution in [0.4, 0.5) is 0 Å². The van der Waals surface area contributed by atoms with E-state index in [9.17, 15) is 8.42 Å². The van der Waals surface area contributed by atoms with E-state index in [0.29, 0.717) is 13.1 Å². The molecule has 1 aromatic carbocycles. The summed E-state index contributed by atoms with van der Waals surface area (Å²) in [5.41, 5.74) is 2.20. The summed E-state index contributed by atoms with van der Waals surface area (Å²) in [5.74, 6) is 0.976. The standard InChI is InChI=1S/C12H19NO3S/c1-10-4-5-12(16-2)11(8-10)9-13-6-7-17(3,14)15/h4-5,8,13H,6-7,9H2,1-3H3. The van der Waals surface area contributed by atoms with Gasteiger partial charge in [0.1, 0.15) is 15.6 Å². The van der Waals surface area contributed by atoms with Gasteiger partial charge in [0.2, 0.25) is 0 Å². The molecular weight excluding hydrogens is 238 g/mol. The fourth-order valence-corrected chi connectivity index (χ4v) is 2.04. The van der Waals surface area contributed by atoms with Crippen molar-refractivity contribution in [3.63, 3.8) is 0 Å². The normalized spacial score (nSPS) is 11.5. The number of rotatable bonds is 6. The van der Waals surface area contributed by atoms with Gasteiger partial charge in [-0.1, -0.05) is 17.7 Å². The molecule has 0 atom stereocenters. The van der Waals surface area contributed by atoms with Crippen molar-refractivity contribution in [2.45, 2.75) is 13.5 Å². The molecule has 0 radical (unpaired) electrons. The van der Waals surface area contributed by atoms with Gasteiger partial charge in [-0.05, 0) is 13.0 Å². The summed E-state index contributed by atoms with van der Waals surface area (Å²) >= 11 is 0. The molecule has 5 heteroatoms. The third-order valence-electron chi connectivity index (χ3n) is 2.40. The van der Waals surface area contributed by atoms with Crippen LogP contribution in [0.2, 0.25) is 0 Å². The van der Waals surface area contributed by atoms with E-state index in [1.807, 2.05) is 25.1 Å². The van der Waals surface area contributed by atoms with Gasteiger partial charge < -0.3 is 10.1 Å². The van der Waals surface area contributed by atoms with Crippen LogP contribution in [0.15, 0.2) is 18.2 Å². The Kier molecular flexibility index (Phi) is 4.96. The van der Waals surface area contributed by atoms with Crippen LogP contribution in [0.5, 0.6) is 5.75 Å². The Morgan fingerprint density at radius 3 is 2.65 bits per heavy atom. The Balaban J connectivity index is 2.54. The molecule has 17 heavy (non-hydrogen) atoms. The van der Waals surface area contributed by atoms with Gasteiger partial charge in [-0.15, -0.1) is 0 Å². The van der Waals surface area contributed by atoms with E-state index in [0.717, 1.165) is 16.9 Å². The molecule has 0 spiro atoms. The van der Waals surface area contributed by atoms with Gasteiger partial charge in [0.05, 0.1) is 12.9 Å². The Hall–Kier alpha value is -1.07. The molecule has 0 saturated carbocycles. The maximum Gasteiger partial charge on any atom is 0.148 e. The highest BCUT2D eigenvalue weighted by atomic mass is 32.2. The quantitative estimate of drug-likeness (QED) is 0.776. The molecule has 0 bridgehead atoms. The van der Waals surface area contributed by atoms with E-state index in [-0.39, 0.29) is 5.75 Å². The van der Waals surface area contributed by atoms with Gasteiger partial charge in [0, 0.05) is 24.9 Å². The minimum atomic E-state index is -2.90. The first-order valence-electron chi connectivity index (χ1n) is 5.44. The highest BCUT2D eigenvalue weighted by Crippen LogP contribution is 2.19. The lowest BCUT2D eigenvalue weighted by Gasteiger charge is -2.10. The monoisotopic (exact) mass is 257 g/mol. The van der Waals surface area contributed by atoms with Crippen LogP contribution in [0, 0.1) is 6.92 Å². The van der Waals surface area contributed by atoms with Gasteiger partial charge in [0.15, 0.2) is 0 Å². The summed E-state index contributed by atoms with van der Waals surface area (Å²) in [4.78, 5) is 0. The average molecular weight is 257 g/mol. The number of benzene rings is 1. The topological polar surface area (TPSA) is 55.4 Å². The van der Waals surface area contributed by atoms with Crippen molar-refractivity contribution in [1.29, 1.82) is 0 Å². The molecule has 0 aliphatic carbocycles. The van der Waals surface area contributed by atoms with Crippen LogP contribution >= 0.6 is 0 Å². The molecule has 1 rings (SSSR count). The summed E-state index contributed by atoms with van der Waals surface area (Å²) in [6.07, 6.45) is 1.24.